The van der Waals surface area contributed by atoms with E-state index in [4.69, 9.17) is 0 Å². The first-order valence-corrected chi connectivity index (χ1v) is 6.90. The van der Waals surface area contributed by atoms with E-state index >= 15 is 0 Å². The monoisotopic (exact) mass is 261 g/mol. The Morgan fingerprint density at radius 2 is 1.76 bits per heavy atom. The summed E-state index contributed by atoms with van der Waals surface area (Å²) in [6.07, 6.45) is -0.443. The molecule has 0 aliphatic heterocycles. The molecule has 3 atom stereocenters. The van der Waals surface area contributed by atoms with Crippen LogP contribution in [0.1, 0.15) is 34.6 Å². The molecule has 0 aromatic carbocycles. The van der Waals surface area contributed by atoms with Crippen molar-refractivity contribution < 1.29 is 14.7 Å². The molecule has 0 aliphatic carbocycles. The Balaban J connectivity index is 4.12. The highest BCUT2D eigenvalue weighted by atomic mass is 32.2. The van der Waals surface area contributed by atoms with E-state index in [-0.39, 0.29) is 28.6 Å². The van der Waals surface area contributed by atoms with E-state index in [2.05, 4.69) is 5.32 Å². The Kier molecular flexibility index (Phi) is 7.46. The Hall–Kier alpha value is -0.550. The second-order valence-electron chi connectivity index (χ2n) is 4.66. The van der Waals surface area contributed by atoms with E-state index in [0.717, 1.165) is 0 Å². The number of Topliss-reactive ketones (excluding diaryl/α,β-unsaturated/α-hetero) is 1. The number of thioether (sulfide) groups is 1. The van der Waals surface area contributed by atoms with Crippen LogP contribution in [0, 0.1) is 5.92 Å². The van der Waals surface area contributed by atoms with Gasteiger partial charge in [-0.15, -0.1) is 11.8 Å². The molecule has 0 spiro atoms. The lowest BCUT2D eigenvalue weighted by atomic mass is 10.0. The molecule has 17 heavy (non-hydrogen) atoms. The first-order valence-electron chi connectivity index (χ1n) is 5.85. The Morgan fingerprint density at radius 1 is 1.24 bits per heavy atom. The average molecular weight is 261 g/mol. The van der Waals surface area contributed by atoms with Crippen molar-refractivity contribution in [3.8, 4) is 0 Å². The quantitative estimate of drug-likeness (QED) is 0.723. The average Bonchev–Trinajstić information content (AvgIpc) is 2.21. The minimum atomic E-state index is -0.443. The molecule has 0 aromatic heterocycles. The maximum atomic E-state index is 11.6. The standard InChI is InChI=1S/C12H23NO3S/c1-7(2)12(9(4)15)13-11(16)6-17-10(5)8(3)14/h7-8,10,12,14H,6H2,1-5H3,(H,13,16). The van der Waals surface area contributed by atoms with Gasteiger partial charge in [-0.1, -0.05) is 20.8 Å². The summed E-state index contributed by atoms with van der Waals surface area (Å²) in [6.45, 7) is 8.85. The summed E-state index contributed by atoms with van der Waals surface area (Å²) >= 11 is 1.38. The summed E-state index contributed by atoms with van der Waals surface area (Å²) in [5.74, 6) is 0.178. The zero-order valence-corrected chi connectivity index (χ0v) is 12.0. The van der Waals surface area contributed by atoms with Crippen LogP contribution >= 0.6 is 11.8 Å². The lowest BCUT2D eigenvalue weighted by molar-refractivity contribution is -0.126. The van der Waals surface area contributed by atoms with Crippen molar-refractivity contribution in [1.29, 1.82) is 0 Å². The maximum absolute atomic E-state index is 11.6. The van der Waals surface area contributed by atoms with Gasteiger partial charge >= 0.3 is 0 Å². The van der Waals surface area contributed by atoms with Gasteiger partial charge in [0.05, 0.1) is 17.9 Å². The minimum Gasteiger partial charge on any atom is -0.392 e. The van der Waals surface area contributed by atoms with E-state index in [9.17, 15) is 14.7 Å². The van der Waals surface area contributed by atoms with E-state index in [1.807, 2.05) is 20.8 Å². The van der Waals surface area contributed by atoms with Gasteiger partial charge in [0.25, 0.3) is 0 Å². The van der Waals surface area contributed by atoms with E-state index in [1.165, 1.54) is 18.7 Å². The SMILES string of the molecule is CC(=O)C(NC(=O)CSC(C)C(C)O)C(C)C. The molecule has 4 nitrogen and oxygen atoms in total. The van der Waals surface area contributed by atoms with Gasteiger partial charge in [-0.25, -0.2) is 0 Å². The largest absolute Gasteiger partial charge is 0.392 e. The van der Waals surface area contributed by atoms with Crippen molar-refractivity contribution in [1.82, 2.24) is 5.32 Å². The normalized spacial score (nSPS) is 16.4. The Bertz CT molecular complexity index is 266. The van der Waals surface area contributed by atoms with Crippen molar-refractivity contribution in [2.75, 3.05) is 5.75 Å². The van der Waals surface area contributed by atoms with Gasteiger partial charge in [-0.05, 0) is 19.8 Å². The number of hydrogen-bond donors (Lipinski definition) is 2. The minimum absolute atomic E-state index is 0.00979. The lowest BCUT2D eigenvalue weighted by Gasteiger charge is -2.20. The molecule has 100 valence electrons. The fourth-order valence-electron chi connectivity index (χ4n) is 1.30. The summed E-state index contributed by atoms with van der Waals surface area (Å²) in [5, 5.41) is 12.0. The number of nitrogens with one attached hydrogen (secondary N) is 1. The fourth-order valence-corrected chi connectivity index (χ4v) is 2.08. The predicted octanol–water partition coefficient (Wildman–Crippen LogP) is 1.22. The van der Waals surface area contributed by atoms with Gasteiger partial charge in [0.15, 0.2) is 5.78 Å². The topological polar surface area (TPSA) is 66.4 Å². The lowest BCUT2D eigenvalue weighted by Crippen LogP contribution is -2.44. The van der Waals surface area contributed by atoms with Crippen LogP contribution in [-0.4, -0.2) is 39.9 Å². The third-order valence-corrected chi connectivity index (χ3v) is 3.93. The number of carbonyl (C=O) groups excluding carboxylic acids is 2. The van der Waals surface area contributed by atoms with Crippen LogP contribution in [0.5, 0.6) is 0 Å². The summed E-state index contributed by atoms with van der Waals surface area (Å²) in [5.41, 5.74) is 0. The van der Waals surface area contributed by atoms with Crippen LogP contribution in [0.2, 0.25) is 0 Å². The van der Waals surface area contributed by atoms with Crippen molar-refractivity contribution >= 4 is 23.5 Å². The van der Waals surface area contributed by atoms with Crippen molar-refractivity contribution in [3.05, 3.63) is 0 Å². The number of hydrogen-bond acceptors (Lipinski definition) is 4. The highest BCUT2D eigenvalue weighted by molar-refractivity contribution is 8.00. The van der Waals surface area contributed by atoms with Gasteiger partial charge in [0.2, 0.25) is 5.91 Å². The third-order valence-electron chi connectivity index (χ3n) is 2.58. The summed E-state index contributed by atoms with van der Waals surface area (Å²) in [4.78, 5) is 22.9. The number of ketones is 1. The van der Waals surface area contributed by atoms with E-state index < -0.39 is 12.1 Å². The van der Waals surface area contributed by atoms with Gasteiger partial charge in [-0.3, -0.25) is 9.59 Å². The first-order chi connectivity index (χ1) is 7.75. The zero-order chi connectivity index (χ0) is 13.6. The Labute approximate surface area is 108 Å². The molecule has 0 aromatic rings. The molecule has 0 radical (unpaired) electrons. The van der Waals surface area contributed by atoms with Crippen LogP contribution in [0.15, 0.2) is 0 Å². The summed E-state index contributed by atoms with van der Waals surface area (Å²) in [7, 11) is 0. The van der Waals surface area contributed by atoms with Crippen LogP contribution < -0.4 is 5.32 Å². The second-order valence-corrected chi connectivity index (χ2v) is 6.02. The molecule has 0 fully saturated rings. The fraction of sp³-hybridized carbons (Fsp3) is 0.833. The zero-order valence-electron chi connectivity index (χ0n) is 11.2. The van der Waals surface area contributed by atoms with E-state index in [0.29, 0.717) is 0 Å². The summed E-state index contributed by atoms with van der Waals surface area (Å²) in [6, 6.07) is -0.412. The molecule has 3 unspecified atom stereocenters. The van der Waals surface area contributed by atoms with Gasteiger partial charge in [0, 0.05) is 5.25 Å². The predicted molar refractivity (Wildman–Crippen MR) is 71.1 cm³/mol. The molecule has 0 rings (SSSR count). The molecule has 1 amide bonds. The molecule has 0 saturated carbocycles. The van der Waals surface area contributed by atoms with Crippen molar-refractivity contribution in [3.63, 3.8) is 0 Å². The number of aliphatic hydroxyl groups excluding tert-OH is 1. The summed E-state index contributed by atoms with van der Waals surface area (Å²) < 4.78 is 0. The second kappa shape index (κ2) is 7.71. The molecule has 0 aliphatic rings. The van der Waals surface area contributed by atoms with Crippen LogP contribution in [0.25, 0.3) is 0 Å². The van der Waals surface area contributed by atoms with Crippen LogP contribution in [-0.2, 0) is 9.59 Å². The van der Waals surface area contributed by atoms with Crippen molar-refractivity contribution in [2.24, 2.45) is 5.92 Å². The Morgan fingerprint density at radius 3 is 2.12 bits per heavy atom. The number of aliphatic hydroxyl groups is 1. The number of rotatable bonds is 7. The van der Waals surface area contributed by atoms with Crippen LogP contribution in [0.4, 0.5) is 0 Å². The van der Waals surface area contributed by atoms with Gasteiger partial charge in [-0.2, -0.15) is 0 Å². The van der Waals surface area contributed by atoms with Gasteiger partial charge < -0.3 is 10.4 Å². The van der Waals surface area contributed by atoms with Crippen molar-refractivity contribution in [2.45, 2.75) is 52.0 Å². The molecule has 0 bridgehead atoms. The van der Waals surface area contributed by atoms with Crippen LogP contribution in [0.3, 0.4) is 0 Å². The van der Waals surface area contributed by atoms with E-state index in [1.54, 1.807) is 6.92 Å². The van der Waals surface area contributed by atoms with Gasteiger partial charge in [0.1, 0.15) is 0 Å². The number of carbonyl (C=O) groups is 2. The molecule has 2 N–H and O–H groups in total. The number of amides is 1. The molecule has 0 saturated heterocycles. The highest BCUT2D eigenvalue weighted by Crippen LogP contribution is 2.14. The smallest absolute Gasteiger partial charge is 0.230 e. The maximum Gasteiger partial charge on any atom is 0.230 e. The third kappa shape index (κ3) is 6.68. The molecule has 0 heterocycles. The molecular weight excluding hydrogens is 238 g/mol. The molecule has 5 heteroatoms. The molecular formula is C12H23NO3S. The highest BCUT2D eigenvalue weighted by Gasteiger charge is 2.21. The first kappa shape index (κ1) is 16.4.